The Kier molecular flexibility index (Phi) is 5.21. The van der Waals surface area contributed by atoms with E-state index in [1.807, 2.05) is 13.0 Å². The van der Waals surface area contributed by atoms with E-state index in [-0.39, 0.29) is 5.92 Å². The summed E-state index contributed by atoms with van der Waals surface area (Å²) in [6.45, 7) is 5.20. The maximum Gasteiger partial charge on any atom is 0.157 e. The highest BCUT2D eigenvalue weighted by Crippen LogP contribution is 2.61. The third kappa shape index (κ3) is 3.90. The van der Waals surface area contributed by atoms with Crippen LogP contribution in [-0.4, -0.2) is 53.7 Å². The van der Waals surface area contributed by atoms with Gasteiger partial charge in [0.25, 0.3) is 0 Å². The topological polar surface area (TPSA) is 101 Å². The van der Waals surface area contributed by atoms with E-state index in [1.165, 1.54) is 11.4 Å². The number of rotatable bonds is 4. The number of fused-ring (bicyclic) bond motifs is 2. The van der Waals surface area contributed by atoms with Gasteiger partial charge in [0.05, 0.1) is 23.3 Å². The van der Waals surface area contributed by atoms with Gasteiger partial charge < -0.3 is 15.4 Å². The minimum atomic E-state index is 0.240. The molecule has 2 saturated carbocycles. The molecular formula is C26H31N7O. The summed E-state index contributed by atoms with van der Waals surface area (Å²) in [5.74, 6) is 4.44. The summed E-state index contributed by atoms with van der Waals surface area (Å²) < 4.78 is 5.52. The van der Waals surface area contributed by atoms with E-state index in [2.05, 4.69) is 46.2 Å². The van der Waals surface area contributed by atoms with Crippen molar-refractivity contribution in [2.75, 3.05) is 25.2 Å². The monoisotopic (exact) mass is 457 g/mol. The second-order valence-corrected chi connectivity index (χ2v) is 9.92. The first-order valence-electron chi connectivity index (χ1n) is 12.2. The van der Waals surface area contributed by atoms with E-state index in [9.17, 15) is 0 Å². The smallest absolute Gasteiger partial charge is 0.157 e. The van der Waals surface area contributed by atoms with Crippen LogP contribution in [0.15, 0.2) is 45.3 Å². The van der Waals surface area contributed by atoms with Gasteiger partial charge in [0.2, 0.25) is 0 Å². The Morgan fingerprint density at radius 2 is 1.97 bits per heavy atom. The summed E-state index contributed by atoms with van der Waals surface area (Å²) in [7, 11) is 2.19. The summed E-state index contributed by atoms with van der Waals surface area (Å²) in [5, 5.41) is 0. The predicted molar refractivity (Wildman–Crippen MR) is 135 cm³/mol. The third-order valence-electron chi connectivity index (χ3n) is 7.44. The molecule has 2 aliphatic carbocycles. The number of nitrogens with zero attached hydrogens (tertiary/aromatic N) is 6. The van der Waals surface area contributed by atoms with E-state index < -0.39 is 0 Å². The molecule has 4 aliphatic rings. The van der Waals surface area contributed by atoms with Gasteiger partial charge in [-0.3, -0.25) is 4.99 Å². The highest BCUT2D eigenvalue weighted by molar-refractivity contribution is 6.14. The number of aryl methyl sites for hydroxylation is 1. The Morgan fingerprint density at radius 1 is 1.18 bits per heavy atom. The molecule has 0 amide bonds. The van der Waals surface area contributed by atoms with Gasteiger partial charge in [-0.05, 0) is 51.2 Å². The Balaban J connectivity index is 1.23. The molecule has 1 aromatic carbocycles. The lowest BCUT2D eigenvalue weighted by molar-refractivity contribution is 0.0826. The van der Waals surface area contributed by atoms with Crippen molar-refractivity contribution in [2.24, 2.45) is 38.5 Å². The first kappa shape index (κ1) is 21.4. The fourth-order valence-corrected chi connectivity index (χ4v) is 5.67. The quantitative estimate of drug-likeness (QED) is 0.553. The lowest BCUT2D eigenvalue weighted by Crippen LogP contribution is -2.24. The standard InChI is InChI=1S/C26H31N7O/c1-14(27)28-26(16-8-10-34-11-9-16)32-22-13-20(29-15(2)30-22)17-12-18(17)23-24-25(23)33(3)21-7-5-4-6-19(21)31-24/h4-7,13,16-18,23,25H,8-12H2,1-3H3,(H2,27,28,29,30,32)/t17-,18-,23?,25-/m1/s1. The zero-order valence-corrected chi connectivity index (χ0v) is 20.0. The van der Waals surface area contributed by atoms with Crippen LogP contribution in [0.3, 0.4) is 0 Å². The Morgan fingerprint density at radius 3 is 2.76 bits per heavy atom. The van der Waals surface area contributed by atoms with Gasteiger partial charge >= 0.3 is 0 Å². The molecule has 6 rings (SSSR count). The molecule has 1 saturated heterocycles. The van der Waals surface area contributed by atoms with Crippen LogP contribution in [0.5, 0.6) is 0 Å². The lowest BCUT2D eigenvalue weighted by Gasteiger charge is -2.22. The molecule has 0 radical (unpaired) electrons. The molecular weight excluding hydrogens is 426 g/mol. The average Bonchev–Trinajstić information content (AvgIpc) is 3.73. The molecule has 4 atom stereocenters. The Labute approximate surface area is 200 Å². The largest absolute Gasteiger partial charge is 0.387 e. The summed E-state index contributed by atoms with van der Waals surface area (Å²) >= 11 is 0. The van der Waals surface area contributed by atoms with Crippen molar-refractivity contribution < 1.29 is 4.74 Å². The summed E-state index contributed by atoms with van der Waals surface area (Å²) in [5.41, 5.74) is 10.6. The van der Waals surface area contributed by atoms with Crippen LogP contribution in [0.2, 0.25) is 0 Å². The van der Waals surface area contributed by atoms with Crippen LogP contribution in [0.1, 0.15) is 43.6 Å². The molecule has 1 aromatic heterocycles. The average molecular weight is 458 g/mol. The SMILES string of the molecule is CC(N)=NC(=Nc1cc([C@@H]2C[C@H]2C2C3=Nc4ccccc4N(C)[C@@H]32)nc(C)n1)C1CCOCC1. The van der Waals surface area contributed by atoms with Crippen molar-refractivity contribution >= 4 is 34.6 Å². The number of hydrogen-bond acceptors (Lipinski definition) is 6. The number of para-hydroxylation sites is 2. The van der Waals surface area contributed by atoms with Crippen LogP contribution in [0.25, 0.3) is 0 Å². The molecule has 1 unspecified atom stereocenters. The van der Waals surface area contributed by atoms with Crippen molar-refractivity contribution in [1.82, 2.24) is 9.97 Å². The van der Waals surface area contributed by atoms with E-state index in [4.69, 9.17) is 25.4 Å². The van der Waals surface area contributed by atoms with Crippen molar-refractivity contribution in [1.29, 1.82) is 0 Å². The minimum absolute atomic E-state index is 0.240. The van der Waals surface area contributed by atoms with Crippen molar-refractivity contribution in [2.45, 2.75) is 45.1 Å². The van der Waals surface area contributed by atoms with Crippen molar-refractivity contribution in [3.63, 3.8) is 0 Å². The predicted octanol–water partition coefficient (Wildman–Crippen LogP) is 3.94. The highest BCUT2D eigenvalue weighted by atomic mass is 16.5. The molecule has 8 nitrogen and oxygen atoms in total. The number of amidine groups is 2. The number of benzene rings is 1. The number of anilines is 1. The molecule has 2 N–H and O–H groups in total. The Bertz CT molecular complexity index is 1210. The van der Waals surface area contributed by atoms with Crippen LogP contribution in [0, 0.1) is 24.7 Å². The molecule has 176 valence electrons. The summed E-state index contributed by atoms with van der Waals surface area (Å²) in [6, 6.07) is 10.9. The highest BCUT2D eigenvalue weighted by Gasteiger charge is 2.62. The molecule has 2 aliphatic heterocycles. The third-order valence-corrected chi connectivity index (χ3v) is 7.44. The Hall–Kier alpha value is -3.13. The number of aliphatic imine (C=N–C) groups is 3. The van der Waals surface area contributed by atoms with Gasteiger partial charge in [-0.15, -0.1) is 0 Å². The first-order valence-corrected chi connectivity index (χ1v) is 12.2. The van der Waals surface area contributed by atoms with Crippen LogP contribution < -0.4 is 10.6 Å². The molecule has 0 bridgehead atoms. The summed E-state index contributed by atoms with van der Waals surface area (Å²) in [6.07, 6.45) is 2.94. The van der Waals surface area contributed by atoms with Crippen molar-refractivity contribution in [3.05, 3.63) is 41.9 Å². The first-order chi connectivity index (χ1) is 16.5. The minimum Gasteiger partial charge on any atom is -0.387 e. The van der Waals surface area contributed by atoms with Crippen molar-refractivity contribution in [3.8, 4) is 0 Å². The molecule has 0 spiro atoms. The van der Waals surface area contributed by atoms with Gasteiger partial charge in [-0.25, -0.2) is 20.0 Å². The van der Waals surface area contributed by atoms with E-state index in [1.54, 1.807) is 6.92 Å². The van der Waals surface area contributed by atoms with E-state index in [0.29, 0.717) is 35.4 Å². The van der Waals surface area contributed by atoms with E-state index in [0.717, 1.165) is 55.5 Å². The van der Waals surface area contributed by atoms with Crippen LogP contribution >= 0.6 is 0 Å². The van der Waals surface area contributed by atoms with Gasteiger partial charge in [-0.2, -0.15) is 0 Å². The van der Waals surface area contributed by atoms with Gasteiger partial charge in [0.1, 0.15) is 11.7 Å². The van der Waals surface area contributed by atoms with Gasteiger partial charge in [0.15, 0.2) is 5.82 Å². The van der Waals surface area contributed by atoms with Gasteiger partial charge in [-0.1, -0.05) is 12.1 Å². The van der Waals surface area contributed by atoms with E-state index >= 15 is 0 Å². The maximum absolute atomic E-state index is 5.92. The molecule has 8 heteroatoms. The normalized spacial score (nSPS) is 28.8. The molecule has 2 aromatic rings. The zero-order valence-electron chi connectivity index (χ0n) is 20.0. The zero-order chi connectivity index (χ0) is 23.4. The molecule has 3 heterocycles. The fourth-order valence-electron chi connectivity index (χ4n) is 5.67. The lowest BCUT2D eigenvalue weighted by atomic mass is 9.99. The number of nitrogens with two attached hydrogens (primary N) is 1. The van der Waals surface area contributed by atoms with Crippen LogP contribution in [-0.2, 0) is 4.74 Å². The fraction of sp³-hybridized carbons (Fsp3) is 0.500. The van der Waals surface area contributed by atoms with Crippen LogP contribution in [0.4, 0.5) is 17.2 Å². The molecule has 3 fully saturated rings. The second-order valence-electron chi connectivity index (χ2n) is 9.92. The number of hydrogen-bond donors (Lipinski definition) is 1. The maximum atomic E-state index is 5.92. The summed E-state index contributed by atoms with van der Waals surface area (Å²) in [4.78, 5) is 26.2. The van der Waals surface area contributed by atoms with Gasteiger partial charge in [0, 0.05) is 55.5 Å². The second kappa shape index (κ2) is 8.27. The number of aromatic nitrogens is 2. The molecule has 34 heavy (non-hydrogen) atoms. The number of ether oxygens (including phenoxy) is 1.